The highest BCUT2D eigenvalue weighted by Gasteiger charge is 2.08. The number of ether oxygens (including phenoxy) is 1. The van der Waals surface area contributed by atoms with E-state index >= 15 is 0 Å². The summed E-state index contributed by atoms with van der Waals surface area (Å²) in [6.07, 6.45) is 4.23. The molecule has 0 aromatic heterocycles. The number of phenols is 1. The van der Waals surface area contributed by atoms with E-state index in [-0.39, 0.29) is 18.4 Å². The smallest absolute Gasteiger partial charge is 0.160 e. The lowest BCUT2D eigenvalue weighted by Crippen LogP contribution is -2.19. The van der Waals surface area contributed by atoms with Crippen LogP contribution >= 0.6 is 0 Å². The molecule has 1 unspecified atom stereocenters. The van der Waals surface area contributed by atoms with Gasteiger partial charge in [-0.2, -0.15) is 0 Å². The molecule has 0 saturated carbocycles. The fraction of sp³-hybridized carbons (Fsp3) is 0.600. The van der Waals surface area contributed by atoms with Crippen LogP contribution in [-0.4, -0.2) is 30.5 Å². The Labute approximate surface area is 115 Å². The number of aliphatic hydroxyl groups is 1. The SMILES string of the molecule is COc1cc(C(C)NCCCCCCO)ccc1O. The molecule has 1 aromatic carbocycles. The topological polar surface area (TPSA) is 61.7 Å². The van der Waals surface area contributed by atoms with Crippen LogP contribution in [0.5, 0.6) is 11.5 Å². The maximum atomic E-state index is 9.55. The van der Waals surface area contributed by atoms with E-state index in [0.717, 1.165) is 37.8 Å². The van der Waals surface area contributed by atoms with E-state index in [2.05, 4.69) is 12.2 Å². The third-order valence-corrected chi connectivity index (χ3v) is 3.24. The summed E-state index contributed by atoms with van der Waals surface area (Å²) in [7, 11) is 1.55. The van der Waals surface area contributed by atoms with Gasteiger partial charge in [0.25, 0.3) is 0 Å². The Kier molecular flexibility index (Phi) is 7.30. The quantitative estimate of drug-likeness (QED) is 0.602. The van der Waals surface area contributed by atoms with Crippen LogP contribution in [0.25, 0.3) is 0 Å². The maximum Gasteiger partial charge on any atom is 0.160 e. The van der Waals surface area contributed by atoms with Crippen LogP contribution < -0.4 is 10.1 Å². The first-order valence-electron chi connectivity index (χ1n) is 6.90. The first-order valence-corrected chi connectivity index (χ1v) is 6.90. The summed E-state index contributed by atoms with van der Waals surface area (Å²) >= 11 is 0. The van der Waals surface area contributed by atoms with Gasteiger partial charge in [-0.3, -0.25) is 0 Å². The lowest BCUT2D eigenvalue weighted by molar-refractivity contribution is 0.282. The molecule has 0 aliphatic carbocycles. The zero-order valence-electron chi connectivity index (χ0n) is 11.9. The molecule has 108 valence electrons. The molecular formula is C15H25NO3. The minimum absolute atomic E-state index is 0.169. The zero-order chi connectivity index (χ0) is 14.1. The van der Waals surface area contributed by atoms with Gasteiger partial charge in [0.2, 0.25) is 0 Å². The van der Waals surface area contributed by atoms with E-state index in [9.17, 15) is 5.11 Å². The second kappa shape index (κ2) is 8.77. The number of aromatic hydroxyl groups is 1. The average molecular weight is 267 g/mol. The van der Waals surface area contributed by atoms with Crippen molar-refractivity contribution in [2.75, 3.05) is 20.3 Å². The van der Waals surface area contributed by atoms with Crippen LogP contribution in [0.4, 0.5) is 0 Å². The number of hydrogen-bond acceptors (Lipinski definition) is 4. The molecule has 3 N–H and O–H groups in total. The molecule has 1 rings (SSSR count). The zero-order valence-corrected chi connectivity index (χ0v) is 11.9. The summed E-state index contributed by atoms with van der Waals surface area (Å²) < 4.78 is 5.10. The van der Waals surface area contributed by atoms with Gasteiger partial charge in [-0.25, -0.2) is 0 Å². The maximum absolute atomic E-state index is 9.55. The van der Waals surface area contributed by atoms with Crippen molar-refractivity contribution < 1.29 is 14.9 Å². The highest BCUT2D eigenvalue weighted by Crippen LogP contribution is 2.28. The summed E-state index contributed by atoms with van der Waals surface area (Å²) in [5.41, 5.74) is 1.10. The van der Waals surface area contributed by atoms with Gasteiger partial charge in [0.15, 0.2) is 11.5 Å². The van der Waals surface area contributed by atoms with Crippen molar-refractivity contribution in [2.45, 2.75) is 38.6 Å². The number of phenolic OH excluding ortho intramolecular Hbond substituents is 1. The van der Waals surface area contributed by atoms with Crippen LogP contribution in [0.1, 0.15) is 44.2 Å². The molecule has 19 heavy (non-hydrogen) atoms. The standard InChI is InChI=1S/C15H25NO3/c1-12(16-9-5-3-4-6-10-17)13-7-8-14(18)15(11-13)19-2/h7-8,11-12,16-18H,3-6,9-10H2,1-2H3. The number of nitrogens with one attached hydrogen (secondary N) is 1. The minimum atomic E-state index is 0.169. The van der Waals surface area contributed by atoms with Crippen LogP contribution in [0, 0.1) is 0 Å². The largest absolute Gasteiger partial charge is 0.504 e. The van der Waals surface area contributed by atoms with Crippen LogP contribution in [-0.2, 0) is 0 Å². The summed E-state index contributed by atoms with van der Waals surface area (Å²) in [4.78, 5) is 0. The van der Waals surface area contributed by atoms with Crippen molar-refractivity contribution in [3.63, 3.8) is 0 Å². The lowest BCUT2D eigenvalue weighted by atomic mass is 10.1. The highest BCUT2D eigenvalue weighted by atomic mass is 16.5. The van der Waals surface area contributed by atoms with Gasteiger partial charge in [-0.1, -0.05) is 18.9 Å². The molecule has 4 heteroatoms. The first kappa shape index (κ1) is 15.8. The third-order valence-electron chi connectivity index (χ3n) is 3.24. The Hall–Kier alpha value is -1.26. The number of methoxy groups -OCH3 is 1. The average Bonchev–Trinajstić information content (AvgIpc) is 2.43. The molecular weight excluding hydrogens is 242 g/mol. The summed E-state index contributed by atoms with van der Waals surface area (Å²) in [5, 5.41) is 21.7. The van der Waals surface area contributed by atoms with Crippen molar-refractivity contribution in [1.29, 1.82) is 0 Å². The fourth-order valence-electron chi connectivity index (χ4n) is 1.99. The molecule has 4 nitrogen and oxygen atoms in total. The minimum Gasteiger partial charge on any atom is -0.504 e. The Bertz CT molecular complexity index is 368. The molecule has 0 fully saturated rings. The molecule has 0 heterocycles. The number of aliphatic hydroxyl groups excluding tert-OH is 1. The van der Waals surface area contributed by atoms with E-state index in [1.165, 1.54) is 0 Å². The van der Waals surface area contributed by atoms with Crippen molar-refractivity contribution in [3.8, 4) is 11.5 Å². The van der Waals surface area contributed by atoms with Gasteiger partial charge in [0, 0.05) is 12.6 Å². The molecule has 0 aliphatic rings. The van der Waals surface area contributed by atoms with Gasteiger partial charge in [0.1, 0.15) is 0 Å². The molecule has 0 spiro atoms. The fourth-order valence-corrected chi connectivity index (χ4v) is 1.99. The molecule has 0 saturated heterocycles. The number of hydrogen-bond donors (Lipinski definition) is 3. The summed E-state index contributed by atoms with van der Waals surface area (Å²) in [6.45, 7) is 3.34. The Morgan fingerprint density at radius 3 is 2.63 bits per heavy atom. The Morgan fingerprint density at radius 1 is 1.21 bits per heavy atom. The van der Waals surface area contributed by atoms with E-state index < -0.39 is 0 Å². The number of benzene rings is 1. The van der Waals surface area contributed by atoms with Crippen molar-refractivity contribution in [3.05, 3.63) is 23.8 Å². The van der Waals surface area contributed by atoms with E-state index in [1.807, 2.05) is 12.1 Å². The third kappa shape index (κ3) is 5.49. The van der Waals surface area contributed by atoms with Gasteiger partial charge in [-0.05, 0) is 44.0 Å². The second-order valence-corrected chi connectivity index (χ2v) is 4.74. The van der Waals surface area contributed by atoms with Crippen LogP contribution in [0.3, 0.4) is 0 Å². The number of rotatable bonds is 9. The van der Waals surface area contributed by atoms with Crippen molar-refractivity contribution in [2.24, 2.45) is 0 Å². The monoisotopic (exact) mass is 267 g/mol. The molecule has 0 radical (unpaired) electrons. The first-order chi connectivity index (χ1) is 9.19. The van der Waals surface area contributed by atoms with E-state index in [4.69, 9.17) is 9.84 Å². The molecule has 1 aromatic rings. The Balaban J connectivity index is 2.34. The van der Waals surface area contributed by atoms with Gasteiger partial charge in [-0.15, -0.1) is 0 Å². The lowest BCUT2D eigenvalue weighted by Gasteiger charge is -2.15. The predicted molar refractivity (Wildman–Crippen MR) is 76.6 cm³/mol. The predicted octanol–water partition coefficient (Wildman–Crippen LogP) is 2.60. The summed E-state index contributed by atoms with van der Waals surface area (Å²) in [6, 6.07) is 5.65. The molecule has 0 bridgehead atoms. The molecule has 0 amide bonds. The van der Waals surface area contributed by atoms with E-state index in [0.29, 0.717) is 5.75 Å². The van der Waals surface area contributed by atoms with Gasteiger partial charge < -0.3 is 20.3 Å². The van der Waals surface area contributed by atoms with Crippen LogP contribution in [0.2, 0.25) is 0 Å². The highest BCUT2D eigenvalue weighted by molar-refractivity contribution is 5.42. The van der Waals surface area contributed by atoms with Crippen LogP contribution in [0.15, 0.2) is 18.2 Å². The van der Waals surface area contributed by atoms with Gasteiger partial charge >= 0.3 is 0 Å². The normalized spacial score (nSPS) is 12.4. The van der Waals surface area contributed by atoms with Crippen molar-refractivity contribution >= 4 is 0 Å². The molecule has 0 aliphatic heterocycles. The summed E-state index contributed by atoms with van der Waals surface area (Å²) in [5.74, 6) is 0.677. The Morgan fingerprint density at radius 2 is 1.95 bits per heavy atom. The van der Waals surface area contributed by atoms with E-state index in [1.54, 1.807) is 13.2 Å². The molecule has 1 atom stereocenters. The van der Waals surface area contributed by atoms with Crippen molar-refractivity contribution in [1.82, 2.24) is 5.32 Å². The second-order valence-electron chi connectivity index (χ2n) is 4.74. The number of unbranched alkanes of at least 4 members (excludes halogenated alkanes) is 3. The van der Waals surface area contributed by atoms with Gasteiger partial charge in [0.05, 0.1) is 7.11 Å².